The minimum atomic E-state index is -1.62. The average molecular weight is 417 g/mol. The van der Waals surface area contributed by atoms with Gasteiger partial charge in [0.25, 0.3) is 5.72 Å². The number of anilines is 2. The Morgan fingerprint density at radius 2 is 1.77 bits per heavy atom. The van der Waals surface area contributed by atoms with Crippen molar-refractivity contribution in [2.75, 3.05) is 16.4 Å². The first-order valence-corrected chi connectivity index (χ1v) is 10.1. The molecule has 3 aliphatic heterocycles. The fraction of sp³-hybridized carbons (Fsp3) is 0.217. The second-order valence-corrected chi connectivity index (χ2v) is 7.59. The van der Waals surface area contributed by atoms with Crippen LogP contribution in [0, 0.1) is 0 Å². The van der Waals surface area contributed by atoms with Crippen molar-refractivity contribution >= 4 is 23.5 Å². The Morgan fingerprint density at radius 1 is 1.00 bits per heavy atom. The van der Waals surface area contributed by atoms with Crippen LogP contribution in [0.1, 0.15) is 24.4 Å². The maximum atomic E-state index is 14.0. The summed E-state index contributed by atoms with van der Waals surface area (Å²) >= 11 is 0. The second kappa shape index (κ2) is 6.12. The van der Waals surface area contributed by atoms with Crippen LogP contribution in [0.5, 0.6) is 0 Å². The number of benzene rings is 2. The number of fused-ring (bicyclic) bond motifs is 2. The fourth-order valence-corrected chi connectivity index (χ4v) is 5.14. The average Bonchev–Trinajstić information content (AvgIpc) is 3.50. The zero-order chi connectivity index (χ0) is 21.2. The largest absolute Gasteiger partial charge is 0.463 e. The zero-order valence-electron chi connectivity index (χ0n) is 16.6. The highest BCUT2D eigenvalue weighted by molar-refractivity contribution is 6.13. The molecule has 0 radical (unpaired) electrons. The Morgan fingerprint density at radius 3 is 2.52 bits per heavy atom. The van der Waals surface area contributed by atoms with Crippen LogP contribution in [0.3, 0.4) is 0 Å². The number of carbonyl (C=O) groups excluding carboxylic acids is 2. The van der Waals surface area contributed by atoms with E-state index >= 15 is 0 Å². The number of furan rings is 1. The number of para-hydroxylation sites is 2. The maximum Gasteiger partial charge on any atom is 0.411 e. The predicted molar refractivity (Wildman–Crippen MR) is 110 cm³/mol. The first-order valence-electron chi connectivity index (χ1n) is 10.1. The Labute approximate surface area is 177 Å². The van der Waals surface area contributed by atoms with Gasteiger partial charge in [0.05, 0.1) is 17.6 Å². The van der Waals surface area contributed by atoms with Crippen molar-refractivity contribution in [3.8, 4) is 0 Å². The smallest absolute Gasteiger partial charge is 0.411 e. The van der Waals surface area contributed by atoms with E-state index in [1.54, 1.807) is 29.2 Å². The fourth-order valence-electron chi connectivity index (χ4n) is 5.14. The quantitative estimate of drug-likeness (QED) is 0.691. The molecule has 31 heavy (non-hydrogen) atoms. The van der Waals surface area contributed by atoms with Gasteiger partial charge in [-0.15, -0.1) is 0 Å². The van der Waals surface area contributed by atoms with Gasteiger partial charge in [0.1, 0.15) is 6.10 Å². The van der Waals surface area contributed by atoms with Crippen LogP contribution in [-0.4, -0.2) is 24.4 Å². The molecule has 6 rings (SSSR count). The number of ether oxygens (including phenoxy) is 2. The van der Waals surface area contributed by atoms with Gasteiger partial charge in [-0.05, 0) is 37.3 Å². The van der Waals surface area contributed by atoms with Gasteiger partial charge in [0.15, 0.2) is 5.76 Å². The number of rotatable bonds is 4. The molecule has 3 unspecified atom stereocenters. The highest BCUT2D eigenvalue weighted by atomic mass is 16.6. The molecule has 8 heteroatoms. The van der Waals surface area contributed by atoms with Gasteiger partial charge in [-0.25, -0.2) is 14.5 Å². The first-order chi connectivity index (χ1) is 15.1. The summed E-state index contributed by atoms with van der Waals surface area (Å²) in [5.41, 5.74) is -0.987. The van der Waals surface area contributed by atoms with E-state index in [1.165, 1.54) is 11.2 Å². The topological polar surface area (TPSA) is 84.2 Å². The molecule has 4 heterocycles. The maximum absolute atomic E-state index is 14.0. The highest BCUT2D eigenvalue weighted by Gasteiger charge is 2.83. The van der Waals surface area contributed by atoms with Crippen molar-refractivity contribution in [3.63, 3.8) is 0 Å². The number of hydrogen-bond donors (Lipinski definition) is 1. The van der Waals surface area contributed by atoms with Crippen LogP contribution in [0.25, 0.3) is 0 Å². The Hall–Kier alpha value is -3.78. The van der Waals surface area contributed by atoms with E-state index in [0.29, 0.717) is 23.7 Å². The van der Waals surface area contributed by atoms with Crippen LogP contribution in [0.2, 0.25) is 0 Å². The molecule has 3 aliphatic rings. The lowest BCUT2D eigenvalue weighted by molar-refractivity contribution is -0.0740. The van der Waals surface area contributed by atoms with Gasteiger partial charge < -0.3 is 13.9 Å². The lowest BCUT2D eigenvalue weighted by Gasteiger charge is -2.40. The molecule has 2 saturated heterocycles. The number of amides is 3. The van der Waals surface area contributed by atoms with E-state index in [1.807, 2.05) is 49.4 Å². The van der Waals surface area contributed by atoms with E-state index in [-0.39, 0.29) is 6.03 Å². The van der Waals surface area contributed by atoms with Crippen molar-refractivity contribution in [2.24, 2.45) is 0 Å². The van der Waals surface area contributed by atoms with Crippen LogP contribution in [-0.2, 0) is 15.2 Å². The predicted octanol–water partition coefficient (Wildman–Crippen LogP) is 4.11. The first kappa shape index (κ1) is 18.0. The highest BCUT2D eigenvalue weighted by Crippen LogP contribution is 2.64. The molecule has 3 atom stereocenters. The lowest BCUT2D eigenvalue weighted by atomic mass is 9.87. The molecule has 156 valence electrons. The molecular formula is C23H19N3O5. The second-order valence-electron chi connectivity index (χ2n) is 7.59. The third-order valence-corrected chi connectivity index (χ3v) is 6.14. The molecular weight excluding hydrogens is 398 g/mol. The number of urea groups is 1. The Balaban J connectivity index is 1.71. The number of alkyl carbamates (subject to hydrolysis) is 1. The molecule has 1 aromatic heterocycles. The van der Waals surface area contributed by atoms with Crippen molar-refractivity contribution in [3.05, 3.63) is 84.3 Å². The van der Waals surface area contributed by atoms with Gasteiger partial charge in [0.2, 0.25) is 5.66 Å². The lowest BCUT2D eigenvalue weighted by Crippen LogP contribution is -2.64. The molecule has 2 fully saturated rings. The van der Waals surface area contributed by atoms with Gasteiger partial charge in [-0.1, -0.05) is 36.4 Å². The Bertz CT molecular complexity index is 1180. The minimum absolute atomic E-state index is 0.322. The molecule has 3 amide bonds. The summed E-state index contributed by atoms with van der Waals surface area (Å²) in [4.78, 5) is 30.0. The molecule has 0 bridgehead atoms. The molecule has 1 N–H and O–H groups in total. The van der Waals surface area contributed by atoms with Crippen molar-refractivity contribution in [2.45, 2.75) is 24.4 Å². The van der Waals surface area contributed by atoms with E-state index in [4.69, 9.17) is 13.9 Å². The van der Waals surface area contributed by atoms with Crippen LogP contribution in [0.15, 0.2) is 77.4 Å². The van der Waals surface area contributed by atoms with E-state index < -0.39 is 23.6 Å². The van der Waals surface area contributed by atoms with Crippen LogP contribution >= 0.6 is 0 Å². The molecule has 1 spiro atoms. The summed E-state index contributed by atoms with van der Waals surface area (Å²) in [5, 5.41) is 2.95. The van der Waals surface area contributed by atoms with Crippen molar-refractivity contribution < 1.29 is 23.5 Å². The number of carbonyl (C=O) groups is 2. The summed E-state index contributed by atoms with van der Waals surface area (Å²) < 4.78 is 18.0. The molecule has 0 saturated carbocycles. The van der Waals surface area contributed by atoms with E-state index in [0.717, 1.165) is 5.56 Å². The third kappa shape index (κ3) is 1.98. The van der Waals surface area contributed by atoms with E-state index in [2.05, 4.69) is 5.32 Å². The normalized spacial score (nSPS) is 28.2. The molecule has 0 aliphatic carbocycles. The molecule has 8 nitrogen and oxygen atoms in total. The number of nitrogens with zero attached hydrogens (tertiary/aromatic N) is 2. The van der Waals surface area contributed by atoms with E-state index in [9.17, 15) is 9.59 Å². The SMILES string of the molecule is CCOC1c2ccccc2N2C(=O)N(c3ccccc3)C3(c4ccco4)OC(=O)NC123. The summed E-state index contributed by atoms with van der Waals surface area (Å²) in [6, 6.07) is 19.7. The van der Waals surface area contributed by atoms with Gasteiger partial charge >= 0.3 is 12.1 Å². The van der Waals surface area contributed by atoms with Gasteiger partial charge in [0, 0.05) is 12.2 Å². The minimum Gasteiger partial charge on any atom is -0.463 e. The monoisotopic (exact) mass is 417 g/mol. The number of nitrogens with one attached hydrogen (secondary N) is 1. The van der Waals surface area contributed by atoms with Crippen molar-refractivity contribution in [1.82, 2.24) is 5.32 Å². The summed E-state index contributed by atoms with van der Waals surface area (Å²) in [7, 11) is 0. The number of hydrogen-bond acceptors (Lipinski definition) is 5. The van der Waals surface area contributed by atoms with Gasteiger partial charge in [-0.3, -0.25) is 10.2 Å². The zero-order valence-corrected chi connectivity index (χ0v) is 16.6. The third-order valence-electron chi connectivity index (χ3n) is 6.14. The van der Waals surface area contributed by atoms with Gasteiger partial charge in [-0.2, -0.15) is 0 Å². The summed E-state index contributed by atoms with van der Waals surface area (Å²) in [5.74, 6) is 0.322. The Kier molecular flexibility index (Phi) is 3.56. The van der Waals surface area contributed by atoms with Crippen molar-refractivity contribution in [1.29, 1.82) is 0 Å². The summed E-state index contributed by atoms with van der Waals surface area (Å²) in [6.07, 6.45) is 0.160. The standard InChI is InChI=1S/C23H19N3O5/c1-2-29-19-16-11-6-7-12-17(16)26-21(28)25(15-9-4-3-5-10-15)23(18-13-8-14-30-18)22(19,26)24-20(27)31-23/h3-14,19H,2H2,1H3,(H,24,27). The van der Waals surface area contributed by atoms with Crippen LogP contribution in [0.4, 0.5) is 21.0 Å². The summed E-state index contributed by atoms with van der Waals surface area (Å²) in [6.45, 7) is 2.25. The molecule has 3 aromatic rings. The molecule has 2 aromatic carbocycles. The van der Waals surface area contributed by atoms with Crippen LogP contribution < -0.4 is 15.1 Å².